The molecule has 0 aliphatic rings. The first-order valence-corrected chi connectivity index (χ1v) is 11.7. The Morgan fingerprint density at radius 2 is 1.55 bits per heavy atom. The lowest BCUT2D eigenvalue weighted by Crippen LogP contribution is -2.20. The van der Waals surface area contributed by atoms with Crippen molar-refractivity contribution in [2.45, 2.75) is 0 Å². The number of methoxy groups -OCH3 is 1. The number of hydrogen-bond acceptors (Lipinski definition) is 6. The van der Waals surface area contributed by atoms with E-state index in [0.717, 1.165) is 6.26 Å². The molecule has 0 heterocycles. The van der Waals surface area contributed by atoms with Crippen LogP contribution in [0.5, 0.6) is 11.5 Å². The van der Waals surface area contributed by atoms with Gasteiger partial charge in [0.1, 0.15) is 11.5 Å². The van der Waals surface area contributed by atoms with Gasteiger partial charge in [-0.15, -0.1) is 0 Å². The number of ether oxygens (including phenoxy) is 2. The van der Waals surface area contributed by atoms with E-state index in [1.54, 1.807) is 67.8 Å². The Morgan fingerprint density at radius 3 is 2.21 bits per heavy atom. The van der Waals surface area contributed by atoms with E-state index in [0.29, 0.717) is 28.4 Å². The third-order valence-corrected chi connectivity index (χ3v) is 4.90. The predicted octanol–water partition coefficient (Wildman–Crippen LogP) is 3.34. The van der Waals surface area contributed by atoms with Gasteiger partial charge in [0, 0.05) is 17.3 Å². The maximum atomic E-state index is 12.6. The van der Waals surface area contributed by atoms with Crippen LogP contribution < -0.4 is 24.8 Å². The number of para-hydroxylation sites is 2. The normalized spacial score (nSPS) is 10.7. The fourth-order valence-corrected chi connectivity index (χ4v) is 3.40. The first-order chi connectivity index (χ1) is 15.7. The summed E-state index contributed by atoms with van der Waals surface area (Å²) < 4.78 is 36.0. The van der Waals surface area contributed by atoms with Crippen molar-refractivity contribution in [1.29, 1.82) is 0 Å². The summed E-state index contributed by atoms with van der Waals surface area (Å²) in [6.07, 6.45) is 1.03. The highest BCUT2D eigenvalue weighted by molar-refractivity contribution is 7.92. The molecule has 0 spiro atoms. The highest BCUT2D eigenvalue weighted by Gasteiger charge is 2.12. The lowest BCUT2D eigenvalue weighted by atomic mass is 10.2. The summed E-state index contributed by atoms with van der Waals surface area (Å²) in [7, 11) is -1.96. The van der Waals surface area contributed by atoms with Crippen LogP contribution in [-0.4, -0.2) is 40.2 Å². The lowest BCUT2D eigenvalue weighted by molar-refractivity contribution is -0.118. The fraction of sp³-hybridized carbons (Fsp3) is 0.130. The lowest BCUT2D eigenvalue weighted by Gasteiger charge is -2.12. The van der Waals surface area contributed by atoms with Crippen molar-refractivity contribution >= 4 is 38.9 Å². The summed E-state index contributed by atoms with van der Waals surface area (Å²) >= 11 is 0. The minimum absolute atomic E-state index is 0.215. The number of nitrogens with one attached hydrogen (secondary N) is 3. The SMILES string of the molecule is COc1cccc(NC(=O)COc2ccc(C(=O)Nc3ccccc3NS(C)(=O)=O)cc2)c1. The van der Waals surface area contributed by atoms with Crippen LogP contribution in [0.25, 0.3) is 0 Å². The van der Waals surface area contributed by atoms with Gasteiger partial charge in [-0.1, -0.05) is 18.2 Å². The Hall–Kier alpha value is -4.05. The zero-order chi connectivity index (χ0) is 23.8. The van der Waals surface area contributed by atoms with Crippen LogP contribution in [0.1, 0.15) is 10.4 Å². The van der Waals surface area contributed by atoms with Gasteiger partial charge in [-0.2, -0.15) is 0 Å². The van der Waals surface area contributed by atoms with Crippen LogP contribution in [0.2, 0.25) is 0 Å². The minimum atomic E-state index is -3.50. The average molecular weight is 470 g/mol. The summed E-state index contributed by atoms with van der Waals surface area (Å²) in [6, 6.07) is 19.6. The summed E-state index contributed by atoms with van der Waals surface area (Å²) in [4.78, 5) is 24.7. The number of anilines is 3. The molecule has 3 rings (SSSR count). The largest absolute Gasteiger partial charge is 0.497 e. The smallest absolute Gasteiger partial charge is 0.262 e. The number of carbonyl (C=O) groups excluding carboxylic acids is 2. The van der Waals surface area contributed by atoms with Crippen molar-refractivity contribution in [3.05, 3.63) is 78.4 Å². The Kier molecular flexibility index (Phi) is 7.52. The molecule has 2 amide bonds. The van der Waals surface area contributed by atoms with Crippen LogP contribution in [0.15, 0.2) is 72.8 Å². The Balaban J connectivity index is 1.57. The van der Waals surface area contributed by atoms with E-state index in [2.05, 4.69) is 15.4 Å². The van der Waals surface area contributed by atoms with Crippen molar-refractivity contribution in [2.75, 3.05) is 35.3 Å². The predicted molar refractivity (Wildman–Crippen MR) is 126 cm³/mol. The first-order valence-electron chi connectivity index (χ1n) is 9.78. The molecule has 0 aromatic heterocycles. The van der Waals surface area contributed by atoms with E-state index < -0.39 is 15.9 Å². The standard InChI is InChI=1S/C23H23N3O6S/c1-31-19-7-5-6-17(14-19)24-22(27)15-32-18-12-10-16(11-13-18)23(28)25-20-8-3-4-9-21(20)26-33(2,29)30/h3-14,26H,15H2,1-2H3,(H,24,27)(H,25,28). The molecule has 0 fully saturated rings. The van der Waals surface area contributed by atoms with Gasteiger partial charge in [0.05, 0.1) is 24.7 Å². The second kappa shape index (κ2) is 10.5. The van der Waals surface area contributed by atoms with Gasteiger partial charge in [-0.25, -0.2) is 8.42 Å². The maximum Gasteiger partial charge on any atom is 0.262 e. The fourth-order valence-electron chi connectivity index (χ4n) is 2.82. The van der Waals surface area contributed by atoms with Gasteiger partial charge in [-0.05, 0) is 48.5 Å². The van der Waals surface area contributed by atoms with Crippen LogP contribution >= 0.6 is 0 Å². The molecule has 172 valence electrons. The molecule has 0 aliphatic carbocycles. The van der Waals surface area contributed by atoms with Crippen molar-refractivity contribution in [3.8, 4) is 11.5 Å². The summed E-state index contributed by atoms with van der Waals surface area (Å²) in [6.45, 7) is -0.215. The second-order valence-electron chi connectivity index (χ2n) is 6.97. The molecule has 0 saturated heterocycles. The second-order valence-corrected chi connectivity index (χ2v) is 8.72. The van der Waals surface area contributed by atoms with Crippen LogP contribution in [-0.2, 0) is 14.8 Å². The van der Waals surface area contributed by atoms with Crippen LogP contribution in [0.3, 0.4) is 0 Å². The molecular formula is C23H23N3O6S. The molecule has 10 heteroatoms. The highest BCUT2D eigenvalue weighted by Crippen LogP contribution is 2.23. The van der Waals surface area contributed by atoms with E-state index in [9.17, 15) is 18.0 Å². The molecule has 0 unspecified atom stereocenters. The number of amides is 2. The Bertz CT molecular complexity index is 1240. The number of rotatable bonds is 9. The Morgan fingerprint density at radius 1 is 0.848 bits per heavy atom. The van der Waals surface area contributed by atoms with Crippen LogP contribution in [0.4, 0.5) is 17.1 Å². The molecule has 3 aromatic rings. The molecule has 3 N–H and O–H groups in total. The average Bonchev–Trinajstić information content (AvgIpc) is 2.78. The number of carbonyl (C=O) groups is 2. The van der Waals surface area contributed by atoms with E-state index >= 15 is 0 Å². The zero-order valence-electron chi connectivity index (χ0n) is 18.0. The van der Waals surface area contributed by atoms with Gasteiger partial charge in [0.2, 0.25) is 10.0 Å². The summed E-state index contributed by atoms with van der Waals surface area (Å²) in [5.41, 5.74) is 1.50. The Labute approximate surface area is 191 Å². The van der Waals surface area contributed by atoms with Crippen molar-refractivity contribution in [2.24, 2.45) is 0 Å². The monoisotopic (exact) mass is 469 g/mol. The van der Waals surface area contributed by atoms with Gasteiger partial charge in [-0.3, -0.25) is 14.3 Å². The molecule has 9 nitrogen and oxygen atoms in total. The third kappa shape index (κ3) is 7.25. The molecule has 0 aliphatic heterocycles. The van der Waals surface area contributed by atoms with Gasteiger partial charge < -0.3 is 20.1 Å². The summed E-state index contributed by atoms with van der Waals surface area (Å²) in [5.74, 6) is 0.254. The minimum Gasteiger partial charge on any atom is -0.497 e. The van der Waals surface area contributed by atoms with E-state index in [1.807, 2.05) is 0 Å². The van der Waals surface area contributed by atoms with E-state index in [4.69, 9.17) is 9.47 Å². The van der Waals surface area contributed by atoms with Crippen molar-refractivity contribution in [1.82, 2.24) is 0 Å². The molecule has 3 aromatic carbocycles. The topological polar surface area (TPSA) is 123 Å². The van der Waals surface area contributed by atoms with Crippen LogP contribution in [0, 0.1) is 0 Å². The summed E-state index contributed by atoms with van der Waals surface area (Å²) in [5, 5.41) is 5.38. The van der Waals surface area contributed by atoms with Crippen molar-refractivity contribution < 1.29 is 27.5 Å². The zero-order valence-corrected chi connectivity index (χ0v) is 18.8. The molecular weight excluding hydrogens is 446 g/mol. The highest BCUT2D eigenvalue weighted by atomic mass is 32.2. The molecule has 0 saturated carbocycles. The van der Waals surface area contributed by atoms with Gasteiger partial charge >= 0.3 is 0 Å². The van der Waals surface area contributed by atoms with Crippen molar-refractivity contribution in [3.63, 3.8) is 0 Å². The number of hydrogen-bond donors (Lipinski definition) is 3. The molecule has 33 heavy (non-hydrogen) atoms. The van der Waals surface area contributed by atoms with E-state index in [-0.39, 0.29) is 18.2 Å². The molecule has 0 atom stereocenters. The first kappa shape index (κ1) is 23.6. The number of sulfonamides is 1. The molecule has 0 bridgehead atoms. The third-order valence-electron chi connectivity index (χ3n) is 4.31. The maximum absolute atomic E-state index is 12.6. The van der Waals surface area contributed by atoms with Gasteiger partial charge in [0.15, 0.2) is 6.61 Å². The number of benzene rings is 3. The van der Waals surface area contributed by atoms with Gasteiger partial charge in [0.25, 0.3) is 11.8 Å². The van der Waals surface area contributed by atoms with E-state index in [1.165, 1.54) is 12.1 Å². The molecule has 0 radical (unpaired) electrons. The quantitative estimate of drug-likeness (QED) is 0.442.